The summed E-state index contributed by atoms with van der Waals surface area (Å²) in [5, 5.41) is 0. The van der Waals surface area contributed by atoms with Crippen LogP contribution in [0.3, 0.4) is 0 Å². The molecule has 0 fully saturated rings. The lowest BCUT2D eigenvalue weighted by Crippen LogP contribution is -2.46. The highest BCUT2D eigenvalue weighted by Crippen LogP contribution is 2.19. The summed E-state index contributed by atoms with van der Waals surface area (Å²) in [6.07, 6.45) is 22.3. The first-order valence-electron chi connectivity index (χ1n) is 14.8. The van der Waals surface area contributed by atoms with E-state index < -0.39 is 8.80 Å². The van der Waals surface area contributed by atoms with Crippen molar-refractivity contribution in [3.05, 3.63) is 0 Å². The van der Waals surface area contributed by atoms with Gasteiger partial charge in [-0.1, -0.05) is 97.3 Å². The van der Waals surface area contributed by atoms with Crippen molar-refractivity contribution in [2.75, 3.05) is 39.5 Å². The standard InChI is InChI=1S/C28H61NO3Si.ClH/c1-6-11-12-13-14-15-16-17-18-19-20-21-22-23-26-29(25-7-2)27-24-28-33(30-8-3,31-9-4)32-10-5;/h6-28H2,1-5H3;1H. The highest BCUT2D eigenvalue weighted by atomic mass is 35.5. The minimum atomic E-state index is -2.49. The van der Waals surface area contributed by atoms with Crippen molar-refractivity contribution in [3.63, 3.8) is 0 Å². The van der Waals surface area contributed by atoms with Crippen LogP contribution in [0.5, 0.6) is 0 Å². The second kappa shape index (κ2) is 27.9. The van der Waals surface area contributed by atoms with Gasteiger partial charge in [-0.2, -0.15) is 0 Å². The zero-order chi connectivity index (χ0) is 24.5. The highest BCUT2D eigenvalue weighted by molar-refractivity contribution is 6.60. The first-order valence-corrected chi connectivity index (χ1v) is 16.7. The predicted octanol–water partition coefficient (Wildman–Crippen LogP) is 9.04. The van der Waals surface area contributed by atoms with Gasteiger partial charge in [0.15, 0.2) is 0 Å². The molecule has 0 aliphatic heterocycles. The lowest BCUT2D eigenvalue weighted by Gasteiger charge is -2.29. The second-order valence-corrected chi connectivity index (χ2v) is 12.3. The maximum atomic E-state index is 6.01. The fourth-order valence-electron chi connectivity index (χ4n) is 4.70. The van der Waals surface area contributed by atoms with Crippen molar-refractivity contribution >= 4 is 21.2 Å². The SMILES string of the molecule is CCCCCCCCCCCCCCCCN(CCC)CCC[Si](OCC)(OCC)OCC.Cl. The molecule has 0 saturated carbocycles. The Kier molecular flexibility index (Phi) is 30.0. The Morgan fingerprint density at radius 3 is 1.21 bits per heavy atom. The van der Waals surface area contributed by atoms with Crippen LogP contribution in [0.1, 0.15) is 137 Å². The third kappa shape index (κ3) is 21.6. The largest absolute Gasteiger partial charge is 0.500 e. The maximum absolute atomic E-state index is 6.01. The van der Waals surface area contributed by atoms with E-state index in [1.54, 1.807) is 0 Å². The molecular formula is C28H62ClNO3Si. The monoisotopic (exact) mass is 523 g/mol. The molecule has 0 aromatic heterocycles. The number of halogens is 1. The van der Waals surface area contributed by atoms with E-state index in [2.05, 4.69) is 18.7 Å². The van der Waals surface area contributed by atoms with Gasteiger partial charge in [0.25, 0.3) is 0 Å². The molecule has 0 N–H and O–H groups in total. The Hall–Kier alpha value is 0.347. The number of hydrogen-bond donors (Lipinski definition) is 0. The minimum Gasteiger partial charge on any atom is -0.374 e. The average Bonchev–Trinajstić information content (AvgIpc) is 2.80. The fourth-order valence-corrected chi connectivity index (χ4v) is 7.30. The predicted molar refractivity (Wildman–Crippen MR) is 154 cm³/mol. The molecule has 0 saturated heterocycles. The van der Waals surface area contributed by atoms with Crippen LogP contribution < -0.4 is 0 Å². The van der Waals surface area contributed by atoms with Gasteiger partial charge in [-0.15, -0.1) is 12.4 Å². The Morgan fingerprint density at radius 2 is 0.824 bits per heavy atom. The maximum Gasteiger partial charge on any atom is 0.500 e. The summed E-state index contributed by atoms with van der Waals surface area (Å²) in [5.74, 6) is 0. The van der Waals surface area contributed by atoms with Gasteiger partial charge in [0.2, 0.25) is 0 Å². The highest BCUT2D eigenvalue weighted by Gasteiger charge is 2.39. The van der Waals surface area contributed by atoms with E-state index in [1.165, 1.54) is 109 Å². The summed E-state index contributed by atoms with van der Waals surface area (Å²) in [6.45, 7) is 16.3. The van der Waals surface area contributed by atoms with Gasteiger partial charge < -0.3 is 18.2 Å². The summed E-state index contributed by atoms with van der Waals surface area (Å²) in [7, 11) is -2.49. The molecule has 0 aromatic carbocycles. The third-order valence-electron chi connectivity index (χ3n) is 6.42. The molecule has 0 bridgehead atoms. The zero-order valence-corrected chi connectivity index (χ0v) is 25.7. The van der Waals surface area contributed by atoms with Crippen LogP contribution in [-0.4, -0.2) is 53.2 Å². The van der Waals surface area contributed by atoms with E-state index in [0.29, 0.717) is 19.8 Å². The summed E-state index contributed by atoms with van der Waals surface area (Å²) < 4.78 is 18.0. The summed E-state index contributed by atoms with van der Waals surface area (Å²) in [6, 6.07) is 0.932. The molecule has 0 radical (unpaired) electrons. The van der Waals surface area contributed by atoms with Gasteiger partial charge in [-0.05, 0) is 59.7 Å². The molecule has 0 atom stereocenters. The number of hydrogen-bond acceptors (Lipinski definition) is 4. The van der Waals surface area contributed by atoms with Gasteiger partial charge in [-0.3, -0.25) is 0 Å². The Balaban J connectivity index is 0. The Morgan fingerprint density at radius 1 is 0.441 bits per heavy atom. The summed E-state index contributed by atoms with van der Waals surface area (Å²) in [5.41, 5.74) is 0. The molecule has 208 valence electrons. The van der Waals surface area contributed by atoms with Crippen LogP contribution in [0.4, 0.5) is 0 Å². The molecule has 0 unspecified atom stereocenters. The molecular weight excluding hydrogens is 462 g/mol. The van der Waals surface area contributed by atoms with Gasteiger partial charge in [0.05, 0.1) is 0 Å². The molecule has 0 aliphatic carbocycles. The molecule has 34 heavy (non-hydrogen) atoms. The molecule has 0 rings (SSSR count). The van der Waals surface area contributed by atoms with Crippen LogP contribution in [0.25, 0.3) is 0 Å². The lowest BCUT2D eigenvalue weighted by molar-refractivity contribution is 0.0699. The molecule has 0 amide bonds. The lowest BCUT2D eigenvalue weighted by atomic mass is 10.0. The van der Waals surface area contributed by atoms with Crippen molar-refractivity contribution < 1.29 is 13.3 Å². The normalized spacial score (nSPS) is 11.8. The molecule has 0 heterocycles. The van der Waals surface area contributed by atoms with Gasteiger partial charge in [0.1, 0.15) is 0 Å². The van der Waals surface area contributed by atoms with Crippen molar-refractivity contribution in [1.82, 2.24) is 4.90 Å². The molecule has 0 aromatic rings. The first kappa shape index (κ1) is 36.5. The molecule has 0 aliphatic rings. The van der Waals surface area contributed by atoms with Crippen LogP contribution in [0.2, 0.25) is 6.04 Å². The van der Waals surface area contributed by atoms with E-state index in [9.17, 15) is 0 Å². The van der Waals surface area contributed by atoms with Crippen LogP contribution >= 0.6 is 12.4 Å². The zero-order valence-electron chi connectivity index (χ0n) is 23.8. The number of unbranched alkanes of at least 4 members (excludes halogenated alkanes) is 13. The molecule has 4 nitrogen and oxygen atoms in total. The topological polar surface area (TPSA) is 30.9 Å². The second-order valence-electron chi connectivity index (χ2n) is 9.52. The van der Waals surface area contributed by atoms with Gasteiger partial charge >= 0.3 is 8.80 Å². The number of nitrogens with zero attached hydrogens (tertiary/aromatic N) is 1. The van der Waals surface area contributed by atoms with Crippen LogP contribution in [0.15, 0.2) is 0 Å². The van der Waals surface area contributed by atoms with Crippen molar-refractivity contribution in [2.24, 2.45) is 0 Å². The molecule has 6 heteroatoms. The fraction of sp³-hybridized carbons (Fsp3) is 1.00. The van der Waals surface area contributed by atoms with E-state index in [0.717, 1.165) is 19.0 Å². The Labute approximate surface area is 222 Å². The smallest absolute Gasteiger partial charge is 0.374 e. The third-order valence-corrected chi connectivity index (χ3v) is 9.57. The van der Waals surface area contributed by atoms with Gasteiger partial charge in [0, 0.05) is 25.9 Å². The minimum absolute atomic E-state index is 0. The van der Waals surface area contributed by atoms with E-state index in [1.807, 2.05) is 20.8 Å². The van der Waals surface area contributed by atoms with E-state index >= 15 is 0 Å². The van der Waals surface area contributed by atoms with Crippen molar-refractivity contribution in [3.8, 4) is 0 Å². The van der Waals surface area contributed by atoms with Gasteiger partial charge in [-0.25, -0.2) is 0 Å². The first-order chi connectivity index (χ1) is 16.2. The average molecular weight is 524 g/mol. The van der Waals surface area contributed by atoms with Crippen LogP contribution in [-0.2, 0) is 13.3 Å². The quantitative estimate of drug-likeness (QED) is 0.0793. The summed E-state index contributed by atoms with van der Waals surface area (Å²) >= 11 is 0. The molecule has 0 spiro atoms. The van der Waals surface area contributed by atoms with Crippen molar-refractivity contribution in [1.29, 1.82) is 0 Å². The van der Waals surface area contributed by atoms with Crippen LogP contribution in [0, 0.1) is 0 Å². The summed E-state index contributed by atoms with van der Waals surface area (Å²) in [4.78, 5) is 2.64. The Bertz CT molecular complexity index is 374. The van der Waals surface area contributed by atoms with E-state index in [-0.39, 0.29) is 12.4 Å². The van der Waals surface area contributed by atoms with E-state index in [4.69, 9.17) is 13.3 Å². The number of rotatable bonds is 27. The van der Waals surface area contributed by atoms with Crippen molar-refractivity contribution in [2.45, 2.75) is 143 Å².